The summed E-state index contributed by atoms with van der Waals surface area (Å²) < 4.78 is 0. The average Bonchev–Trinajstić information content (AvgIpc) is 2.38. The van der Waals surface area contributed by atoms with Crippen LogP contribution in [0.2, 0.25) is 0 Å². The van der Waals surface area contributed by atoms with E-state index in [1.54, 1.807) is 0 Å². The average molecular weight is 275 g/mol. The lowest BCUT2D eigenvalue weighted by atomic mass is 9.90. The van der Waals surface area contributed by atoms with E-state index in [0.29, 0.717) is 0 Å². The Labute approximate surface area is 121 Å². The van der Waals surface area contributed by atoms with Gasteiger partial charge in [0.15, 0.2) is 0 Å². The summed E-state index contributed by atoms with van der Waals surface area (Å²) >= 11 is 5.77. The molecule has 0 aromatic rings. The lowest BCUT2D eigenvalue weighted by molar-refractivity contribution is 0.374. The van der Waals surface area contributed by atoms with Crippen LogP contribution in [0, 0.1) is 5.92 Å². The third-order valence-electron chi connectivity index (χ3n) is 3.93. The van der Waals surface area contributed by atoms with Crippen molar-refractivity contribution in [2.75, 3.05) is 5.88 Å². The van der Waals surface area contributed by atoms with Gasteiger partial charge in [-0.15, -0.1) is 11.6 Å². The Morgan fingerprint density at radius 2 is 1.06 bits per heavy atom. The summed E-state index contributed by atoms with van der Waals surface area (Å²) in [5, 5.41) is 0. The normalized spacial score (nSPS) is 12.8. The molecule has 1 heteroatoms. The molecule has 0 aromatic heterocycles. The third-order valence-corrected chi connectivity index (χ3v) is 4.20. The molecule has 110 valence electrons. The summed E-state index contributed by atoms with van der Waals surface area (Å²) in [4.78, 5) is 0. The van der Waals surface area contributed by atoms with Crippen molar-refractivity contribution in [2.45, 2.75) is 97.3 Å². The summed E-state index contributed by atoms with van der Waals surface area (Å²) in [6.45, 7) is 4.59. The van der Waals surface area contributed by atoms with Gasteiger partial charge in [-0.2, -0.15) is 0 Å². The van der Waals surface area contributed by atoms with Crippen LogP contribution >= 0.6 is 11.6 Å². The van der Waals surface area contributed by atoms with Crippen LogP contribution in [-0.4, -0.2) is 5.88 Å². The first-order valence-electron chi connectivity index (χ1n) is 8.41. The van der Waals surface area contributed by atoms with Gasteiger partial charge in [0.05, 0.1) is 0 Å². The molecule has 18 heavy (non-hydrogen) atoms. The second-order valence-electron chi connectivity index (χ2n) is 5.75. The molecular formula is C17H35Cl. The fraction of sp³-hybridized carbons (Fsp3) is 1.00. The lowest BCUT2D eigenvalue weighted by Crippen LogP contribution is -2.01. The van der Waals surface area contributed by atoms with E-state index in [9.17, 15) is 0 Å². The predicted octanol–water partition coefficient (Wildman–Crippen LogP) is 6.95. The molecule has 0 aromatic carbocycles. The topological polar surface area (TPSA) is 0 Å². The second-order valence-corrected chi connectivity index (χ2v) is 6.13. The SMILES string of the molecule is CCCCCCCC(CCCCC)CCCCCl. The van der Waals surface area contributed by atoms with Crippen LogP contribution in [0.4, 0.5) is 0 Å². The number of hydrogen-bond donors (Lipinski definition) is 0. The predicted molar refractivity (Wildman–Crippen MR) is 85.6 cm³/mol. The molecule has 0 N–H and O–H groups in total. The van der Waals surface area contributed by atoms with Crippen molar-refractivity contribution < 1.29 is 0 Å². The molecule has 0 aliphatic rings. The number of rotatable bonds is 14. The van der Waals surface area contributed by atoms with Gasteiger partial charge in [0.25, 0.3) is 0 Å². The molecule has 0 saturated heterocycles. The van der Waals surface area contributed by atoms with Gasteiger partial charge in [-0.3, -0.25) is 0 Å². The zero-order valence-corrected chi connectivity index (χ0v) is 13.6. The Balaban J connectivity index is 3.60. The molecule has 0 aliphatic carbocycles. The molecule has 0 spiro atoms. The first-order chi connectivity index (χ1) is 8.85. The quantitative estimate of drug-likeness (QED) is 0.237. The zero-order chi connectivity index (χ0) is 13.5. The highest BCUT2D eigenvalue weighted by atomic mass is 35.5. The Morgan fingerprint density at radius 1 is 0.611 bits per heavy atom. The van der Waals surface area contributed by atoms with Gasteiger partial charge in [0.2, 0.25) is 0 Å². The van der Waals surface area contributed by atoms with Gasteiger partial charge in [-0.05, 0) is 12.3 Å². The molecular weight excluding hydrogens is 240 g/mol. The minimum atomic E-state index is 0.845. The lowest BCUT2D eigenvalue weighted by Gasteiger charge is -2.16. The Hall–Kier alpha value is 0.290. The smallest absolute Gasteiger partial charge is 0.0223 e. The monoisotopic (exact) mass is 274 g/mol. The first kappa shape index (κ1) is 18.3. The maximum absolute atomic E-state index is 5.77. The number of halogens is 1. The van der Waals surface area contributed by atoms with Gasteiger partial charge in [-0.25, -0.2) is 0 Å². The van der Waals surface area contributed by atoms with Gasteiger partial charge in [0.1, 0.15) is 0 Å². The molecule has 0 aliphatic heterocycles. The van der Waals surface area contributed by atoms with Crippen LogP contribution in [0.3, 0.4) is 0 Å². The highest BCUT2D eigenvalue weighted by Gasteiger charge is 2.08. The molecule has 0 radical (unpaired) electrons. The highest BCUT2D eigenvalue weighted by Crippen LogP contribution is 2.23. The van der Waals surface area contributed by atoms with Gasteiger partial charge in [-0.1, -0.05) is 90.9 Å². The van der Waals surface area contributed by atoms with Crippen LogP contribution in [0.5, 0.6) is 0 Å². The first-order valence-corrected chi connectivity index (χ1v) is 8.94. The van der Waals surface area contributed by atoms with Crippen molar-refractivity contribution in [1.29, 1.82) is 0 Å². The molecule has 0 nitrogen and oxygen atoms in total. The van der Waals surface area contributed by atoms with E-state index in [1.165, 1.54) is 83.5 Å². The fourth-order valence-electron chi connectivity index (χ4n) is 2.68. The van der Waals surface area contributed by atoms with Crippen molar-refractivity contribution in [3.8, 4) is 0 Å². The summed E-state index contributed by atoms with van der Waals surface area (Å²) in [6, 6.07) is 0. The van der Waals surface area contributed by atoms with Crippen LogP contribution in [0.25, 0.3) is 0 Å². The van der Waals surface area contributed by atoms with Crippen molar-refractivity contribution in [3.63, 3.8) is 0 Å². The Bertz CT molecular complexity index is 135. The molecule has 0 rings (SSSR count). The van der Waals surface area contributed by atoms with E-state index < -0.39 is 0 Å². The third kappa shape index (κ3) is 12.7. The van der Waals surface area contributed by atoms with Gasteiger partial charge < -0.3 is 0 Å². The number of hydrogen-bond acceptors (Lipinski definition) is 0. The van der Waals surface area contributed by atoms with Crippen molar-refractivity contribution in [2.24, 2.45) is 5.92 Å². The maximum Gasteiger partial charge on any atom is 0.0223 e. The zero-order valence-electron chi connectivity index (χ0n) is 12.9. The van der Waals surface area contributed by atoms with Crippen LogP contribution in [0.15, 0.2) is 0 Å². The van der Waals surface area contributed by atoms with E-state index in [0.717, 1.165) is 11.8 Å². The van der Waals surface area contributed by atoms with Crippen molar-refractivity contribution in [3.05, 3.63) is 0 Å². The van der Waals surface area contributed by atoms with Crippen molar-refractivity contribution >= 4 is 11.6 Å². The summed E-state index contributed by atoms with van der Waals surface area (Å²) in [7, 11) is 0. The van der Waals surface area contributed by atoms with E-state index in [4.69, 9.17) is 11.6 Å². The van der Waals surface area contributed by atoms with E-state index >= 15 is 0 Å². The van der Waals surface area contributed by atoms with Crippen LogP contribution in [-0.2, 0) is 0 Å². The number of alkyl halides is 1. The molecule has 0 fully saturated rings. The van der Waals surface area contributed by atoms with Gasteiger partial charge >= 0.3 is 0 Å². The summed E-state index contributed by atoms with van der Waals surface area (Å²) in [6.07, 6.45) is 18.2. The minimum Gasteiger partial charge on any atom is -0.127 e. The molecule has 0 saturated carbocycles. The Morgan fingerprint density at radius 3 is 1.61 bits per heavy atom. The van der Waals surface area contributed by atoms with Crippen LogP contribution in [0.1, 0.15) is 97.3 Å². The molecule has 1 unspecified atom stereocenters. The van der Waals surface area contributed by atoms with E-state index in [2.05, 4.69) is 13.8 Å². The van der Waals surface area contributed by atoms with Gasteiger partial charge in [0, 0.05) is 5.88 Å². The minimum absolute atomic E-state index is 0.845. The maximum atomic E-state index is 5.77. The standard InChI is InChI=1S/C17H35Cl/c1-3-5-7-8-10-14-17(13-9-6-4-2)15-11-12-16-18/h17H,3-16H2,1-2H3. The second kappa shape index (κ2) is 15.3. The Kier molecular flexibility index (Phi) is 15.6. The molecule has 0 heterocycles. The van der Waals surface area contributed by atoms with E-state index in [-0.39, 0.29) is 0 Å². The largest absolute Gasteiger partial charge is 0.127 e. The molecule has 1 atom stereocenters. The molecule has 0 amide bonds. The fourth-order valence-corrected chi connectivity index (χ4v) is 2.87. The van der Waals surface area contributed by atoms with E-state index in [1.807, 2.05) is 0 Å². The summed E-state index contributed by atoms with van der Waals surface area (Å²) in [5.41, 5.74) is 0. The molecule has 0 bridgehead atoms. The summed E-state index contributed by atoms with van der Waals surface area (Å²) in [5.74, 6) is 1.83. The number of unbranched alkanes of at least 4 members (excludes halogenated alkanes) is 7. The highest BCUT2D eigenvalue weighted by molar-refractivity contribution is 6.17. The van der Waals surface area contributed by atoms with Crippen molar-refractivity contribution in [1.82, 2.24) is 0 Å². The van der Waals surface area contributed by atoms with Crippen LogP contribution < -0.4 is 0 Å².